The summed E-state index contributed by atoms with van der Waals surface area (Å²) in [6, 6.07) is 9.14. The summed E-state index contributed by atoms with van der Waals surface area (Å²) in [6.45, 7) is 3.22. The van der Waals surface area contributed by atoms with Crippen LogP contribution in [0.25, 0.3) is 0 Å². The van der Waals surface area contributed by atoms with Gasteiger partial charge < -0.3 is 14.8 Å². The molecule has 0 radical (unpaired) electrons. The van der Waals surface area contributed by atoms with Crippen LogP contribution in [0.5, 0.6) is 0 Å². The summed E-state index contributed by atoms with van der Waals surface area (Å²) in [5.74, 6) is 0. The Morgan fingerprint density at radius 3 is 3.00 bits per heavy atom. The Morgan fingerprint density at radius 1 is 1.24 bits per heavy atom. The second kappa shape index (κ2) is 6.74. The highest BCUT2D eigenvalue weighted by atomic mass is 16.5. The van der Waals surface area contributed by atoms with E-state index in [0.717, 1.165) is 26.0 Å². The Labute approximate surface area is 103 Å². The summed E-state index contributed by atoms with van der Waals surface area (Å²) in [6.07, 6.45) is 2.16. The number of fused-ring (bicyclic) bond motifs is 1. The molecule has 17 heavy (non-hydrogen) atoms. The van der Waals surface area contributed by atoms with Gasteiger partial charge in [-0.3, -0.25) is 0 Å². The third-order valence-corrected chi connectivity index (χ3v) is 3.20. The van der Waals surface area contributed by atoms with Gasteiger partial charge in [-0.25, -0.2) is 0 Å². The molecular formula is C14H21NO2. The van der Waals surface area contributed by atoms with Gasteiger partial charge in [0.25, 0.3) is 0 Å². The lowest BCUT2D eigenvalue weighted by Gasteiger charge is -2.26. The van der Waals surface area contributed by atoms with Crippen LogP contribution in [0.2, 0.25) is 0 Å². The van der Waals surface area contributed by atoms with Crippen molar-refractivity contribution in [3.05, 3.63) is 35.4 Å². The summed E-state index contributed by atoms with van der Waals surface area (Å²) in [5, 5.41) is 3.55. The molecule has 1 unspecified atom stereocenters. The Morgan fingerprint density at radius 2 is 2.12 bits per heavy atom. The second-order valence-electron chi connectivity index (χ2n) is 4.35. The van der Waals surface area contributed by atoms with E-state index >= 15 is 0 Å². The van der Waals surface area contributed by atoms with E-state index in [0.29, 0.717) is 19.3 Å². The fraction of sp³-hybridized carbons (Fsp3) is 0.571. The van der Waals surface area contributed by atoms with Crippen LogP contribution in [0, 0.1) is 0 Å². The topological polar surface area (TPSA) is 30.5 Å². The number of rotatable bonds is 6. The average Bonchev–Trinajstić information content (AvgIpc) is 2.39. The normalized spacial score (nSPS) is 19.0. The molecule has 0 aromatic heterocycles. The van der Waals surface area contributed by atoms with E-state index in [-0.39, 0.29) is 0 Å². The van der Waals surface area contributed by atoms with Crippen LogP contribution in [-0.2, 0) is 15.9 Å². The molecule has 0 spiro atoms. The lowest BCUT2D eigenvalue weighted by Crippen LogP contribution is -2.30. The van der Waals surface area contributed by atoms with Crippen molar-refractivity contribution in [3.8, 4) is 0 Å². The van der Waals surface area contributed by atoms with Crippen molar-refractivity contribution in [1.29, 1.82) is 0 Å². The summed E-state index contributed by atoms with van der Waals surface area (Å²) < 4.78 is 10.5. The monoisotopic (exact) mass is 235 g/mol. The maximum absolute atomic E-state index is 5.53. The number of hydrogen-bond donors (Lipinski definition) is 1. The van der Waals surface area contributed by atoms with Gasteiger partial charge in [0, 0.05) is 19.8 Å². The van der Waals surface area contributed by atoms with Crippen molar-refractivity contribution in [1.82, 2.24) is 5.32 Å². The van der Waals surface area contributed by atoms with Gasteiger partial charge in [-0.05, 0) is 30.5 Å². The minimum Gasteiger partial charge on any atom is -0.382 e. The number of benzene rings is 1. The van der Waals surface area contributed by atoms with E-state index in [4.69, 9.17) is 9.47 Å². The maximum atomic E-state index is 5.53. The van der Waals surface area contributed by atoms with Gasteiger partial charge in [-0.2, -0.15) is 0 Å². The Kier molecular flexibility index (Phi) is 4.98. The van der Waals surface area contributed by atoms with Crippen molar-refractivity contribution in [2.24, 2.45) is 0 Å². The zero-order valence-corrected chi connectivity index (χ0v) is 10.4. The van der Waals surface area contributed by atoms with Gasteiger partial charge in [0.2, 0.25) is 0 Å². The zero-order valence-electron chi connectivity index (χ0n) is 10.4. The molecule has 1 atom stereocenters. The fourth-order valence-electron chi connectivity index (χ4n) is 2.30. The highest BCUT2D eigenvalue weighted by Gasteiger charge is 2.18. The first kappa shape index (κ1) is 12.6. The van der Waals surface area contributed by atoms with Crippen LogP contribution in [-0.4, -0.2) is 33.5 Å². The number of hydrogen-bond acceptors (Lipinski definition) is 3. The maximum Gasteiger partial charge on any atom is 0.0700 e. The molecule has 0 bridgehead atoms. The lowest BCUT2D eigenvalue weighted by atomic mass is 9.93. The standard InChI is InChI=1S/C14H21NO2/c1-16-10-11-17-9-7-14-13-5-3-2-4-12(13)6-8-15-14/h2-5,14-15H,6-11H2,1H3. The SMILES string of the molecule is COCCOCCC1NCCc2ccccc21. The van der Waals surface area contributed by atoms with Gasteiger partial charge in [0.1, 0.15) is 0 Å². The summed E-state index contributed by atoms with van der Waals surface area (Å²) in [4.78, 5) is 0. The smallest absolute Gasteiger partial charge is 0.0700 e. The van der Waals surface area contributed by atoms with E-state index in [1.165, 1.54) is 11.1 Å². The van der Waals surface area contributed by atoms with Crippen LogP contribution in [0.15, 0.2) is 24.3 Å². The quantitative estimate of drug-likeness (QED) is 0.764. The first-order valence-corrected chi connectivity index (χ1v) is 6.29. The van der Waals surface area contributed by atoms with Crippen LogP contribution in [0.1, 0.15) is 23.6 Å². The predicted molar refractivity (Wildman–Crippen MR) is 68.2 cm³/mol. The molecule has 0 saturated heterocycles. The molecule has 1 aromatic carbocycles. The number of nitrogens with one attached hydrogen (secondary N) is 1. The molecule has 1 aliphatic rings. The van der Waals surface area contributed by atoms with Crippen LogP contribution in [0.4, 0.5) is 0 Å². The largest absolute Gasteiger partial charge is 0.382 e. The molecule has 0 aliphatic carbocycles. The molecule has 3 nitrogen and oxygen atoms in total. The Balaban J connectivity index is 1.82. The zero-order chi connectivity index (χ0) is 11.9. The van der Waals surface area contributed by atoms with Gasteiger partial charge >= 0.3 is 0 Å². The van der Waals surface area contributed by atoms with Gasteiger partial charge in [0.05, 0.1) is 13.2 Å². The molecular weight excluding hydrogens is 214 g/mol. The van der Waals surface area contributed by atoms with Gasteiger partial charge in [0.15, 0.2) is 0 Å². The Bertz CT molecular complexity index is 341. The minimum absolute atomic E-state index is 0.447. The molecule has 2 rings (SSSR count). The Hall–Kier alpha value is -0.900. The summed E-state index contributed by atoms with van der Waals surface area (Å²) in [7, 11) is 1.70. The van der Waals surface area contributed by atoms with E-state index < -0.39 is 0 Å². The minimum atomic E-state index is 0.447. The molecule has 1 aromatic rings. The number of methoxy groups -OCH3 is 1. The highest BCUT2D eigenvalue weighted by molar-refractivity contribution is 5.32. The third-order valence-electron chi connectivity index (χ3n) is 3.20. The van der Waals surface area contributed by atoms with Crippen molar-refractivity contribution in [2.45, 2.75) is 18.9 Å². The van der Waals surface area contributed by atoms with Gasteiger partial charge in [-0.15, -0.1) is 0 Å². The predicted octanol–water partition coefficient (Wildman–Crippen LogP) is 1.93. The molecule has 0 amide bonds. The first-order valence-electron chi connectivity index (χ1n) is 6.29. The van der Waals surface area contributed by atoms with Crippen molar-refractivity contribution >= 4 is 0 Å². The van der Waals surface area contributed by atoms with E-state index in [1.807, 2.05) is 0 Å². The average molecular weight is 235 g/mol. The number of ether oxygens (including phenoxy) is 2. The second-order valence-corrected chi connectivity index (χ2v) is 4.35. The molecule has 0 fully saturated rings. The third kappa shape index (κ3) is 3.53. The molecule has 1 aliphatic heterocycles. The van der Waals surface area contributed by atoms with Crippen molar-refractivity contribution < 1.29 is 9.47 Å². The van der Waals surface area contributed by atoms with Crippen LogP contribution >= 0.6 is 0 Å². The highest BCUT2D eigenvalue weighted by Crippen LogP contribution is 2.24. The van der Waals surface area contributed by atoms with E-state index in [1.54, 1.807) is 7.11 Å². The molecule has 1 N–H and O–H groups in total. The molecule has 3 heteroatoms. The van der Waals surface area contributed by atoms with E-state index in [2.05, 4.69) is 29.6 Å². The first-order chi connectivity index (χ1) is 8.42. The lowest BCUT2D eigenvalue weighted by molar-refractivity contribution is 0.0655. The van der Waals surface area contributed by atoms with Crippen molar-refractivity contribution in [2.75, 3.05) is 33.5 Å². The fourth-order valence-corrected chi connectivity index (χ4v) is 2.30. The molecule has 1 heterocycles. The van der Waals surface area contributed by atoms with Crippen LogP contribution < -0.4 is 5.32 Å². The van der Waals surface area contributed by atoms with E-state index in [9.17, 15) is 0 Å². The molecule has 94 valence electrons. The van der Waals surface area contributed by atoms with Crippen LogP contribution in [0.3, 0.4) is 0 Å². The summed E-state index contributed by atoms with van der Waals surface area (Å²) in [5.41, 5.74) is 2.92. The summed E-state index contributed by atoms with van der Waals surface area (Å²) >= 11 is 0. The van der Waals surface area contributed by atoms with Crippen molar-refractivity contribution in [3.63, 3.8) is 0 Å². The molecule has 0 saturated carbocycles. The van der Waals surface area contributed by atoms with Gasteiger partial charge in [-0.1, -0.05) is 24.3 Å².